The molecule has 1 unspecified atom stereocenters. The molecule has 0 fully saturated rings. The van der Waals surface area contributed by atoms with Gasteiger partial charge in [-0.05, 0) is 24.1 Å². The molecule has 0 saturated carbocycles. The number of hydrogen-bond donors (Lipinski definition) is 0. The van der Waals surface area contributed by atoms with Crippen LogP contribution in [0.15, 0.2) is 54.6 Å². The van der Waals surface area contributed by atoms with Gasteiger partial charge in [-0.25, -0.2) is 4.79 Å². The summed E-state index contributed by atoms with van der Waals surface area (Å²) in [5.74, 6) is -0.272. The van der Waals surface area contributed by atoms with E-state index in [-0.39, 0.29) is 12.1 Å². The summed E-state index contributed by atoms with van der Waals surface area (Å²) < 4.78 is 5.65. The number of fused-ring (bicyclic) bond motifs is 3. The van der Waals surface area contributed by atoms with E-state index in [0.29, 0.717) is 12.0 Å². The van der Waals surface area contributed by atoms with Gasteiger partial charge in [-0.2, -0.15) is 0 Å². The Labute approximate surface area is 128 Å². The Morgan fingerprint density at radius 2 is 1.77 bits per heavy atom. The van der Waals surface area contributed by atoms with Crippen LogP contribution in [0, 0.1) is 6.92 Å². The normalized spacial score (nSPS) is 17.1. The minimum atomic E-state index is -0.272. The second-order valence-corrected chi connectivity index (χ2v) is 5.58. The Hall–Kier alpha value is -2.68. The average molecular weight is 289 g/mol. The average Bonchev–Trinajstić information content (AvgIpc) is 2.55. The summed E-state index contributed by atoms with van der Waals surface area (Å²) in [5.41, 5.74) is 4.38. The number of aryl methyl sites for hydroxylation is 1. The lowest BCUT2D eigenvalue weighted by atomic mass is 9.91. The molecule has 2 aromatic carbocycles. The number of nitrogens with zero attached hydrogens (tertiary/aromatic N) is 1. The van der Waals surface area contributed by atoms with Crippen molar-refractivity contribution in [2.45, 2.75) is 19.4 Å². The van der Waals surface area contributed by atoms with Crippen molar-refractivity contribution in [1.82, 2.24) is 4.98 Å². The topological polar surface area (TPSA) is 39.2 Å². The summed E-state index contributed by atoms with van der Waals surface area (Å²) in [4.78, 5) is 17.0. The molecule has 0 bridgehead atoms. The third-order valence-electron chi connectivity index (χ3n) is 4.20. The first-order chi connectivity index (χ1) is 10.7. The van der Waals surface area contributed by atoms with Gasteiger partial charge in [0.2, 0.25) is 0 Å². The van der Waals surface area contributed by atoms with Crippen LogP contribution in [0.5, 0.6) is 0 Å². The molecule has 3 heteroatoms. The smallest absolute Gasteiger partial charge is 0.340 e. The van der Waals surface area contributed by atoms with Crippen molar-refractivity contribution in [1.29, 1.82) is 0 Å². The second-order valence-electron chi connectivity index (χ2n) is 5.58. The molecule has 2 heterocycles. The van der Waals surface area contributed by atoms with Crippen molar-refractivity contribution in [2.75, 3.05) is 0 Å². The molecule has 0 spiro atoms. The highest BCUT2D eigenvalue weighted by molar-refractivity contribution is 5.99. The Bertz CT molecular complexity index is 871. The Morgan fingerprint density at radius 1 is 1.05 bits per heavy atom. The maximum absolute atomic E-state index is 12.5. The third-order valence-corrected chi connectivity index (χ3v) is 4.20. The molecular weight excluding hydrogens is 274 g/mol. The molecule has 1 aromatic heterocycles. The molecule has 3 aromatic rings. The predicted octanol–water partition coefficient (Wildman–Crippen LogP) is 4.00. The predicted molar refractivity (Wildman–Crippen MR) is 84.8 cm³/mol. The van der Waals surface area contributed by atoms with Gasteiger partial charge in [0, 0.05) is 11.8 Å². The van der Waals surface area contributed by atoms with Crippen molar-refractivity contribution in [3.63, 3.8) is 0 Å². The molecule has 1 aliphatic rings. The first-order valence-corrected chi connectivity index (χ1v) is 7.38. The van der Waals surface area contributed by atoms with Crippen molar-refractivity contribution in [2.24, 2.45) is 0 Å². The minimum absolute atomic E-state index is 0.230. The zero-order valence-corrected chi connectivity index (χ0v) is 12.2. The minimum Gasteiger partial charge on any atom is -0.453 e. The van der Waals surface area contributed by atoms with Crippen molar-refractivity contribution >= 4 is 16.9 Å². The van der Waals surface area contributed by atoms with Crippen LogP contribution in [-0.2, 0) is 11.2 Å². The molecular formula is C19H15NO2. The quantitative estimate of drug-likeness (QED) is 0.636. The summed E-state index contributed by atoms with van der Waals surface area (Å²) in [6.45, 7) is 1.87. The van der Waals surface area contributed by atoms with Gasteiger partial charge in [-0.1, -0.05) is 48.5 Å². The maximum Gasteiger partial charge on any atom is 0.340 e. The van der Waals surface area contributed by atoms with Crippen LogP contribution in [0.1, 0.15) is 33.3 Å². The molecule has 1 aliphatic heterocycles. The largest absolute Gasteiger partial charge is 0.453 e. The highest BCUT2D eigenvalue weighted by atomic mass is 16.5. The first kappa shape index (κ1) is 13.0. The number of carbonyl (C=O) groups is 1. The number of ether oxygens (including phenoxy) is 1. The highest BCUT2D eigenvalue weighted by Gasteiger charge is 2.30. The zero-order valence-electron chi connectivity index (χ0n) is 12.2. The van der Waals surface area contributed by atoms with Crippen LogP contribution < -0.4 is 0 Å². The Balaban J connectivity index is 1.91. The number of rotatable bonds is 1. The molecule has 0 saturated heterocycles. The van der Waals surface area contributed by atoms with Gasteiger partial charge in [-0.15, -0.1) is 0 Å². The number of aromatic nitrogens is 1. The summed E-state index contributed by atoms with van der Waals surface area (Å²) in [5, 5.41) is 1.04. The Kier molecular flexibility index (Phi) is 2.93. The van der Waals surface area contributed by atoms with Crippen LogP contribution in [0.3, 0.4) is 0 Å². The number of esters is 1. The highest BCUT2D eigenvalue weighted by Crippen LogP contribution is 2.35. The SMILES string of the molecule is Cc1nc2ccccc2c2c1C(=O)OC(c1ccccc1)C2. The van der Waals surface area contributed by atoms with E-state index in [1.165, 1.54) is 0 Å². The van der Waals surface area contributed by atoms with Crippen LogP contribution in [-0.4, -0.2) is 11.0 Å². The summed E-state index contributed by atoms with van der Waals surface area (Å²) in [7, 11) is 0. The van der Waals surface area contributed by atoms with Gasteiger partial charge in [0.15, 0.2) is 0 Å². The summed E-state index contributed by atoms with van der Waals surface area (Å²) in [6, 6.07) is 17.9. The molecule has 1 atom stereocenters. The summed E-state index contributed by atoms with van der Waals surface area (Å²) in [6.07, 6.45) is 0.459. The van der Waals surface area contributed by atoms with E-state index in [1.54, 1.807) is 0 Å². The lowest BCUT2D eigenvalue weighted by Crippen LogP contribution is -2.23. The van der Waals surface area contributed by atoms with Gasteiger partial charge < -0.3 is 4.74 Å². The van der Waals surface area contributed by atoms with Gasteiger partial charge in [0.05, 0.1) is 16.8 Å². The lowest BCUT2D eigenvalue weighted by Gasteiger charge is -2.26. The van der Waals surface area contributed by atoms with Crippen LogP contribution in [0.4, 0.5) is 0 Å². The molecule has 108 valence electrons. The van der Waals surface area contributed by atoms with Crippen LogP contribution in [0.25, 0.3) is 10.9 Å². The standard InChI is InChI=1S/C19H15NO2/c1-12-18-15(14-9-5-6-10-16(14)20-12)11-17(22-19(18)21)13-7-3-2-4-8-13/h2-10,17H,11H2,1H3. The Morgan fingerprint density at radius 3 is 2.59 bits per heavy atom. The third kappa shape index (κ3) is 1.98. The van der Waals surface area contributed by atoms with Gasteiger partial charge in [-0.3, -0.25) is 4.98 Å². The van der Waals surface area contributed by atoms with E-state index in [4.69, 9.17) is 4.74 Å². The molecule has 22 heavy (non-hydrogen) atoms. The van der Waals surface area contributed by atoms with Gasteiger partial charge in [0.25, 0.3) is 0 Å². The van der Waals surface area contributed by atoms with Crippen molar-refractivity contribution in [3.8, 4) is 0 Å². The van der Waals surface area contributed by atoms with E-state index in [0.717, 1.165) is 27.7 Å². The number of hydrogen-bond acceptors (Lipinski definition) is 3. The molecule has 0 amide bonds. The van der Waals surface area contributed by atoms with E-state index < -0.39 is 0 Å². The van der Waals surface area contributed by atoms with E-state index >= 15 is 0 Å². The fraction of sp³-hybridized carbons (Fsp3) is 0.158. The van der Waals surface area contributed by atoms with Gasteiger partial charge >= 0.3 is 5.97 Å². The van der Waals surface area contributed by atoms with Crippen LogP contribution in [0.2, 0.25) is 0 Å². The number of carbonyl (C=O) groups excluding carboxylic acids is 1. The molecule has 4 rings (SSSR count). The fourth-order valence-corrected chi connectivity index (χ4v) is 3.17. The fourth-order valence-electron chi connectivity index (χ4n) is 3.17. The van der Waals surface area contributed by atoms with Gasteiger partial charge in [0.1, 0.15) is 6.10 Å². The molecule has 0 aliphatic carbocycles. The molecule has 0 N–H and O–H groups in total. The van der Waals surface area contributed by atoms with E-state index in [9.17, 15) is 4.79 Å². The summed E-state index contributed by atoms with van der Waals surface area (Å²) >= 11 is 0. The second kappa shape index (κ2) is 4.95. The number of cyclic esters (lactones) is 1. The molecule has 0 radical (unpaired) electrons. The lowest BCUT2D eigenvalue weighted by molar-refractivity contribution is 0.0252. The van der Waals surface area contributed by atoms with Crippen molar-refractivity contribution in [3.05, 3.63) is 77.0 Å². The number of para-hydroxylation sites is 1. The number of pyridine rings is 1. The zero-order chi connectivity index (χ0) is 15.1. The van der Waals surface area contributed by atoms with Crippen molar-refractivity contribution < 1.29 is 9.53 Å². The first-order valence-electron chi connectivity index (χ1n) is 7.38. The molecule has 3 nitrogen and oxygen atoms in total. The van der Waals surface area contributed by atoms with E-state index in [1.807, 2.05) is 61.5 Å². The maximum atomic E-state index is 12.5. The van der Waals surface area contributed by atoms with E-state index in [2.05, 4.69) is 4.98 Å². The monoisotopic (exact) mass is 289 g/mol. The van der Waals surface area contributed by atoms with Crippen LogP contribution >= 0.6 is 0 Å². The number of benzene rings is 2.